The molecule has 2 rings (SSSR count). The third-order valence-corrected chi connectivity index (χ3v) is 6.22. The lowest BCUT2D eigenvalue weighted by atomic mass is 10.1. The monoisotopic (exact) mass is 411 g/mol. The van der Waals surface area contributed by atoms with Crippen LogP contribution in [0, 0.1) is 0 Å². The molecule has 1 aromatic rings. The molecule has 19 heavy (non-hydrogen) atoms. The van der Waals surface area contributed by atoms with Gasteiger partial charge in [-0.3, -0.25) is 0 Å². The molecule has 0 amide bonds. The maximum Gasteiger partial charge on any atom is 0.244 e. The van der Waals surface area contributed by atoms with Crippen molar-refractivity contribution in [1.29, 1.82) is 0 Å². The summed E-state index contributed by atoms with van der Waals surface area (Å²) < 4.78 is 33.7. The van der Waals surface area contributed by atoms with Gasteiger partial charge in [0.05, 0.1) is 17.1 Å². The maximum atomic E-state index is 12.6. The number of benzene rings is 1. The zero-order chi connectivity index (χ0) is 14.3. The van der Waals surface area contributed by atoms with Crippen molar-refractivity contribution in [2.24, 2.45) is 0 Å². The van der Waals surface area contributed by atoms with E-state index in [-0.39, 0.29) is 4.90 Å². The Morgan fingerprint density at radius 2 is 2.00 bits per heavy atom. The Balaban J connectivity index is 2.37. The zero-order valence-electron chi connectivity index (χ0n) is 10.7. The lowest BCUT2D eigenvalue weighted by molar-refractivity contribution is -0.0640. The average molecular weight is 413 g/mol. The molecule has 0 saturated carbocycles. The lowest BCUT2D eigenvalue weighted by Crippen LogP contribution is -2.50. The Morgan fingerprint density at radius 3 is 2.58 bits per heavy atom. The molecule has 0 atom stereocenters. The summed E-state index contributed by atoms with van der Waals surface area (Å²) >= 11 is 6.63. The third-order valence-electron chi connectivity index (χ3n) is 2.90. The number of hydrogen-bond acceptors (Lipinski definition) is 3. The van der Waals surface area contributed by atoms with E-state index in [4.69, 9.17) is 4.74 Å². The van der Waals surface area contributed by atoms with Crippen molar-refractivity contribution >= 4 is 41.9 Å². The molecule has 1 aliphatic rings. The minimum absolute atomic E-state index is 0.286. The number of nitrogens with zero attached hydrogens (tertiary/aromatic N) is 1. The Hall–Kier alpha value is 0.0500. The number of halogens is 2. The van der Waals surface area contributed by atoms with Crippen LogP contribution in [0.4, 0.5) is 0 Å². The lowest BCUT2D eigenvalue weighted by Gasteiger charge is -2.37. The normalized spacial score (nSPS) is 20.4. The van der Waals surface area contributed by atoms with Gasteiger partial charge >= 0.3 is 0 Å². The van der Waals surface area contributed by atoms with Crippen molar-refractivity contribution in [2.75, 3.05) is 19.7 Å². The molecule has 1 heterocycles. The topological polar surface area (TPSA) is 46.6 Å². The molecule has 0 aromatic heterocycles. The second-order valence-electron chi connectivity index (χ2n) is 5.02. The quantitative estimate of drug-likeness (QED) is 0.749. The number of rotatable bonds is 2. The molecule has 0 spiro atoms. The van der Waals surface area contributed by atoms with E-state index < -0.39 is 15.6 Å². The van der Waals surface area contributed by atoms with Gasteiger partial charge in [-0.15, -0.1) is 0 Å². The Morgan fingerprint density at radius 1 is 1.32 bits per heavy atom. The van der Waals surface area contributed by atoms with Gasteiger partial charge in [-0.1, -0.05) is 15.9 Å². The summed E-state index contributed by atoms with van der Waals surface area (Å²) in [7, 11) is -3.49. The van der Waals surface area contributed by atoms with Gasteiger partial charge in [-0.25, -0.2) is 8.42 Å². The van der Waals surface area contributed by atoms with Gasteiger partial charge in [0.2, 0.25) is 10.0 Å². The Bertz CT molecular complexity index is 587. The minimum atomic E-state index is -3.49. The first kappa shape index (κ1) is 15.4. The fourth-order valence-corrected chi connectivity index (χ4v) is 5.28. The molecular formula is C12H15Br2NO3S. The van der Waals surface area contributed by atoms with Crippen LogP contribution < -0.4 is 0 Å². The van der Waals surface area contributed by atoms with Crippen molar-refractivity contribution in [1.82, 2.24) is 4.31 Å². The van der Waals surface area contributed by atoms with Crippen LogP contribution in [0.25, 0.3) is 0 Å². The fourth-order valence-electron chi connectivity index (χ4n) is 2.00. The van der Waals surface area contributed by atoms with Crippen molar-refractivity contribution in [3.63, 3.8) is 0 Å². The Labute approximate surface area is 130 Å². The van der Waals surface area contributed by atoms with Crippen LogP contribution >= 0.6 is 31.9 Å². The molecular weight excluding hydrogens is 398 g/mol. The molecule has 4 nitrogen and oxygen atoms in total. The molecule has 1 fully saturated rings. The number of ether oxygens (including phenoxy) is 1. The average Bonchev–Trinajstić information content (AvgIpc) is 2.27. The van der Waals surface area contributed by atoms with Crippen LogP contribution in [0.2, 0.25) is 0 Å². The van der Waals surface area contributed by atoms with Gasteiger partial charge in [0.25, 0.3) is 0 Å². The molecule has 1 aromatic carbocycles. The smallest absolute Gasteiger partial charge is 0.244 e. The summed E-state index contributed by atoms with van der Waals surface area (Å²) in [5.41, 5.74) is -0.451. The highest BCUT2D eigenvalue weighted by Gasteiger charge is 2.35. The molecule has 1 saturated heterocycles. The molecule has 106 valence electrons. The van der Waals surface area contributed by atoms with Crippen molar-refractivity contribution in [3.05, 3.63) is 27.1 Å². The number of morpholine rings is 1. The summed E-state index contributed by atoms with van der Waals surface area (Å²) in [5.74, 6) is 0. The van der Waals surface area contributed by atoms with E-state index in [1.54, 1.807) is 18.2 Å². The van der Waals surface area contributed by atoms with Gasteiger partial charge in [0, 0.05) is 22.0 Å². The first-order valence-corrected chi connectivity index (χ1v) is 8.84. The van der Waals surface area contributed by atoms with Gasteiger partial charge in [-0.05, 0) is 48.0 Å². The molecule has 0 radical (unpaired) electrons. The summed E-state index contributed by atoms with van der Waals surface area (Å²) in [6, 6.07) is 5.06. The SMILES string of the molecule is CC1(C)CN(S(=O)(=O)c2ccc(Br)cc2Br)CCO1. The molecule has 1 aliphatic heterocycles. The first-order chi connectivity index (χ1) is 8.72. The fraction of sp³-hybridized carbons (Fsp3) is 0.500. The van der Waals surface area contributed by atoms with E-state index in [0.717, 1.165) is 4.47 Å². The van der Waals surface area contributed by atoms with E-state index in [1.807, 2.05) is 13.8 Å². The van der Waals surface area contributed by atoms with E-state index >= 15 is 0 Å². The van der Waals surface area contributed by atoms with Crippen LogP contribution in [0.5, 0.6) is 0 Å². The van der Waals surface area contributed by atoms with E-state index in [1.165, 1.54) is 4.31 Å². The maximum absolute atomic E-state index is 12.6. The molecule has 0 N–H and O–H groups in total. The highest BCUT2D eigenvalue weighted by atomic mass is 79.9. The summed E-state index contributed by atoms with van der Waals surface area (Å²) in [4.78, 5) is 0.286. The predicted octanol–water partition coefficient (Wildman–Crippen LogP) is 3.01. The standard InChI is InChI=1S/C12H15Br2NO3S/c1-12(2)8-15(5-6-18-12)19(16,17)11-4-3-9(13)7-10(11)14/h3-4,7H,5-6,8H2,1-2H3. The van der Waals surface area contributed by atoms with Gasteiger partial charge in [0.15, 0.2) is 0 Å². The van der Waals surface area contributed by atoms with E-state index in [9.17, 15) is 8.42 Å². The largest absolute Gasteiger partial charge is 0.373 e. The van der Waals surface area contributed by atoms with Gasteiger partial charge in [-0.2, -0.15) is 4.31 Å². The second kappa shape index (κ2) is 5.44. The van der Waals surface area contributed by atoms with Crippen molar-refractivity contribution in [3.8, 4) is 0 Å². The van der Waals surface area contributed by atoms with Crippen LogP contribution in [0.1, 0.15) is 13.8 Å². The van der Waals surface area contributed by atoms with Crippen LogP contribution in [0.15, 0.2) is 32.0 Å². The predicted molar refractivity (Wildman–Crippen MR) is 80.6 cm³/mol. The molecule has 0 aliphatic carbocycles. The highest BCUT2D eigenvalue weighted by molar-refractivity contribution is 9.11. The van der Waals surface area contributed by atoms with Crippen molar-refractivity contribution < 1.29 is 13.2 Å². The van der Waals surface area contributed by atoms with Crippen LogP contribution in [-0.2, 0) is 14.8 Å². The van der Waals surface area contributed by atoms with E-state index in [2.05, 4.69) is 31.9 Å². The zero-order valence-corrected chi connectivity index (χ0v) is 14.7. The van der Waals surface area contributed by atoms with Crippen molar-refractivity contribution in [2.45, 2.75) is 24.3 Å². The minimum Gasteiger partial charge on any atom is -0.373 e. The molecule has 7 heteroatoms. The highest BCUT2D eigenvalue weighted by Crippen LogP contribution is 2.30. The van der Waals surface area contributed by atoms with Gasteiger partial charge < -0.3 is 4.74 Å². The summed E-state index contributed by atoms with van der Waals surface area (Å²) in [5, 5.41) is 0. The van der Waals surface area contributed by atoms with Crippen LogP contribution in [-0.4, -0.2) is 38.0 Å². The molecule has 0 bridgehead atoms. The van der Waals surface area contributed by atoms with E-state index in [0.29, 0.717) is 24.2 Å². The Kier molecular flexibility index (Phi) is 4.42. The summed E-state index contributed by atoms with van der Waals surface area (Å²) in [6.45, 7) is 4.95. The third kappa shape index (κ3) is 3.39. The molecule has 0 unspecified atom stereocenters. The summed E-state index contributed by atoms with van der Waals surface area (Å²) in [6.07, 6.45) is 0. The van der Waals surface area contributed by atoms with Crippen LogP contribution in [0.3, 0.4) is 0 Å². The number of sulfonamides is 1. The number of hydrogen-bond donors (Lipinski definition) is 0. The first-order valence-electron chi connectivity index (χ1n) is 5.81. The van der Waals surface area contributed by atoms with Gasteiger partial charge in [0.1, 0.15) is 0 Å². The second-order valence-corrected chi connectivity index (χ2v) is 8.70.